The molecule has 1 aliphatic rings. The van der Waals surface area contributed by atoms with Gasteiger partial charge < -0.3 is 14.8 Å². The monoisotopic (exact) mass is 436 g/mol. The standard InChI is InChI=1S/C24H25FN4O3/c1-14-8-22(27-11-20(14)25)29-23(30)19-10-24(19,17-6-5-7-18(9-17)31-4)13-32-21-12-26-16(3)28-15(21)2/h5-9,11-12,19H,10,13H2,1-4H3,(H,27,29,30)/t19-,24+/m0/s1. The Bertz CT molecular complexity index is 1170. The van der Waals surface area contributed by atoms with E-state index in [0.717, 1.165) is 17.5 Å². The van der Waals surface area contributed by atoms with Crippen LogP contribution in [0.5, 0.6) is 11.5 Å². The average molecular weight is 436 g/mol. The van der Waals surface area contributed by atoms with Crippen LogP contribution in [0.3, 0.4) is 0 Å². The van der Waals surface area contributed by atoms with E-state index in [-0.39, 0.29) is 18.4 Å². The molecule has 0 aliphatic heterocycles. The van der Waals surface area contributed by atoms with Gasteiger partial charge in [-0.2, -0.15) is 0 Å². The van der Waals surface area contributed by atoms with Crippen LogP contribution in [0.2, 0.25) is 0 Å². The Morgan fingerprint density at radius 2 is 2.03 bits per heavy atom. The molecule has 0 radical (unpaired) electrons. The maximum Gasteiger partial charge on any atom is 0.229 e. The molecule has 1 fully saturated rings. The number of aryl methyl sites for hydroxylation is 3. The number of nitrogens with zero attached hydrogens (tertiary/aromatic N) is 3. The van der Waals surface area contributed by atoms with Gasteiger partial charge in [0.1, 0.15) is 23.2 Å². The highest BCUT2D eigenvalue weighted by Crippen LogP contribution is 2.55. The molecule has 0 unspecified atom stereocenters. The third-order valence-electron chi connectivity index (χ3n) is 5.87. The Kier molecular flexibility index (Phi) is 5.78. The fourth-order valence-corrected chi connectivity index (χ4v) is 3.89. The van der Waals surface area contributed by atoms with Crippen LogP contribution in [0.4, 0.5) is 10.2 Å². The molecule has 1 aliphatic carbocycles. The predicted molar refractivity (Wildman–Crippen MR) is 117 cm³/mol. The zero-order valence-electron chi connectivity index (χ0n) is 18.5. The highest BCUT2D eigenvalue weighted by Gasteiger charge is 2.60. The van der Waals surface area contributed by atoms with Crippen LogP contribution in [-0.2, 0) is 10.2 Å². The number of benzene rings is 1. The molecule has 1 N–H and O–H groups in total. The van der Waals surface area contributed by atoms with Gasteiger partial charge in [-0.3, -0.25) is 4.79 Å². The number of nitrogens with one attached hydrogen (secondary N) is 1. The number of carbonyl (C=O) groups excluding carboxylic acids is 1. The van der Waals surface area contributed by atoms with E-state index in [1.165, 1.54) is 6.07 Å². The molecule has 1 amide bonds. The van der Waals surface area contributed by atoms with Gasteiger partial charge in [0.05, 0.1) is 37.7 Å². The van der Waals surface area contributed by atoms with Gasteiger partial charge in [0.25, 0.3) is 0 Å². The van der Waals surface area contributed by atoms with Crippen LogP contribution in [0, 0.1) is 32.5 Å². The van der Waals surface area contributed by atoms with Gasteiger partial charge in [-0.1, -0.05) is 12.1 Å². The van der Waals surface area contributed by atoms with Crippen molar-refractivity contribution in [3.8, 4) is 11.5 Å². The van der Waals surface area contributed by atoms with E-state index in [2.05, 4.69) is 20.3 Å². The van der Waals surface area contributed by atoms with Crippen molar-refractivity contribution in [3.05, 3.63) is 71.2 Å². The van der Waals surface area contributed by atoms with Crippen molar-refractivity contribution in [2.24, 2.45) is 5.92 Å². The van der Waals surface area contributed by atoms with Gasteiger partial charge in [0.2, 0.25) is 5.91 Å². The lowest BCUT2D eigenvalue weighted by molar-refractivity contribution is -0.117. The maximum absolute atomic E-state index is 13.5. The number of pyridine rings is 1. The second kappa shape index (κ2) is 8.53. The van der Waals surface area contributed by atoms with Gasteiger partial charge in [-0.25, -0.2) is 19.3 Å². The summed E-state index contributed by atoms with van der Waals surface area (Å²) in [4.78, 5) is 25.6. The molecular weight excluding hydrogens is 411 g/mol. The number of hydrogen-bond acceptors (Lipinski definition) is 6. The Hall–Kier alpha value is -3.55. The molecule has 7 nitrogen and oxygen atoms in total. The third-order valence-corrected chi connectivity index (χ3v) is 5.87. The van der Waals surface area contributed by atoms with Crippen LogP contribution in [0.15, 0.2) is 42.7 Å². The van der Waals surface area contributed by atoms with E-state index >= 15 is 0 Å². The lowest BCUT2D eigenvalue weighted by Gasteiger charge is -2.20. The molecule has 8 heteroatoms. The van der Waals surface area contributed by atoms with Crippen LogP contribution in [0.1, 0.15) is 29.1 Å². The molecule has 3 aromatic rings. The van der Waals surface area contributed by atoms with E-state index in [4.69, 9.17) is 9.47 Å². The normalized spacial score (nSPS) is 19.3. The second-order valence-corrected chi connectivity index (χ2v) is 8.11. The Labute approximate surface area is 186 Å². The number of hydrogen-bond donors (Lipinski definition) is 1. The first-order chi connectivity index (χ1) is 15.3. The summed E-state index contributed by atoms with van der Waals surface area (Å²) in [7, 11) is 1.61. The van der Waals surface area contributed by atoms with Crippen LogP contribution in [0.25, 0.3) is 0 Å². The van der Waals surface area contributed by atoms with Gasteiger partial charge in [-0.15, -0.1) is 0 Å². The van der Waals surface area contributed by atoms with E-state index in [0.29, 0.717) is 35.1 Å². The molecule has 32 heavy (non-hydrogen) atoms. The molecule has 1 aromatic carbocycles. The minimum absolute atomic E-state index is 0.188. The lowest BCUT2D eigenvalue weighted by Crippen LogP contribution is -2.27. The van der Waals surface area contributed by atoms with E-state index in [1.807, 2.05) is 38.1 Å². The van der Waals surface area contributed by atoms with E-state index in [9.17, 15) is 9.18 Å². The molecule has 2 heterocycles. The zero-order chi connectivity index (χ0) is 22.9. The third kappa shape index (κ3) is 4.26. The summed E-state index contributed by atoms with van der Waals surface area (Å²) >= 11 is 0. The summed E-state index contributed by atoms with van der Waals surface area (Å²) in [6.45, 7) is 5.59. The fourth-order valence-electron chi connectivity index (χ4n) is 3.89. The molecule has 166 valence electrons. The van der Waals surface area contributed by atoms with Gasteiger partial charge >= 0.3 is 0 Å². The molecule has 1 saturated carbocycles. The molecule has 2 aromatic heterocycles. The van der Waals surface area contributed by atoms with Gasteiger partial charge in [-0.05, 0) is 56.5 Å². The molecule has 0 bridgehead atoms. The molecule has 0 saturated heterocycles. The van der Waals surface area contributed by atoms with Gasteiger partial charge in [0, 0.05) is 5.41 Å². The number of aromatic nitrogens is 3. The van der Waals surface area contributed by atoms with Crippen molar-refractivity contribution >= 4 is 11.7 Å². The molecular formula is C24H25FN4O3. The van der Waals surface area contributed by atoms with Crippen LogP contribution < -0.4 is 14.8 Å². The maximum atomic E-state index is 13.5. The van der Waals surface area contributed by atoms with E-state index in [1.54, 1.807) is 20.2 Å². The summed E-state index contributed by atoms with van der Waals surface area (Å²) in [5, 5.41) is 2.81. The SMILES string of the molecule is COc1cccc([C@]2(COc3cnc(C)nc3C)C[C@H]2C(=O)Nc2cc(C)c(F)cn2)c1. The minimum atomic E-state index is -0.537. The number of ether oxygens (including phenoxy) is 2. The summed E-state index contributed by atoms with van der Waals surface area (Å²) in [6, 6.07) is 9.17. The highest BCUT2D eigenvalue weighted by atomic mass is 19.1. The number of carbonyl (C=O) groups is 1. The van der Waals surface area contributed by atoms with Gasteiger partial charge in [0.15, 0.2) is 5.75 Å². The largest absolute Gasteiger partial charge is 0.497 e. The van der Waals surface area contributed by atoms with Crippen molar-refractivity contribution in [1.29, 1.82) is 0 Å². The number of halogens is 1. The summed E-state index contributed by atoms with van der Waals surface area (Å²) in [6.07, 6.45) is 3.36. The first-order valence-electron chi connectivity index (χ1n) is 10.3. The molecule has 4 rings (SSSR count). The summed E-state index contributed by atoms with van der Waals surface area (Å²) < 4.78 is 25.0. The molecule has 2 atom stereocenters. The first-order valence-corrected chi connectivity index (χ1v) is 10.3. The fraction of sp³-hybridized carbons (Fsp3) is 0.333. The van der Waals surface area contributed by atoms with Crippen LogP contribution >= 0.6 is 0 Å². The summed E-state index contributed by atoms with van der Waals surface area (Å²) in [5.41, 5.74) is 1.57. The second-order valence-electron chi connectivity index (χ2n) is 8.11. The first kappa shape index (κ1) is 21.7. The Morgan fingerprint density at radius 1 is 1.22 bits per heavy atom. The van der Waals surface area contributed by atoms with Crippen molar-refractivity contribution < 1.29 is 18.7 Å². The number of methoxy groups -OCH3 is 1. The van der Waals surface area contributed by atoms with Crippen molar-refractivity contribution in [3.63, 3.8) is 0 Å². The smallest absolute Gasteiger partial charge is 0.229 e. The van der Waals surface area contributed by atoms with Crippen LogP contribution in [-0.4, -0.2) is 34.6 Å². The zero-order valence-corrected chi connectivity index (χ0v) is 18.5. The lowest BCUT2D eigenvalue weighted by atomic mass is 9.93. The predicted octanol–water partition coefficient (Wildman–Crippen LogP) is 3.92. The summed E-state index contributed by atoms with van der Waals surface area (Å²) in [5.74, 6) is 1.34. The Morgan fingerprint density at radius 3 is 2.75 bits per heavy atom. The highest BCUT2D eigenvalue weighted by molar-refractivity contribution is 5.95. The quantitative estimate of drug-likeness (QED) is 0.604. The molecule has 0 spiro atoms. The van der Waals surface area contributed by atoms with Crippen molar-refractivity contribution in [2.75, 3.05) is 19.0 Å². The average Bonchev–Trinajstić information content (AvgIpc) is 3.52. The Balaban J connectivity index is 1.58. The van der Waals surface area contributed by atoms with Crippen molar-refractivity contribution in [1.82, 2.24) is 15.0 Å². The number of anilines is 1. The minimum Gasteiger partial charge on any atom is -0.497 e. The topological polar surface area (TPSA) is 86.2 Å². The van der Waals surface area contributed by atoms with E-state index < -0.39 is 11.2 Å². The van der Waals surface area contributed by atoms with Crippen molar-refractivity contribution in [2.45, 2.75) is 32.6 Å². The number of rotatable bonds is 7. The number of amides is 1.